The number of nitrogens with one attached hydrogen (secondary N) is 1. The lowest BCUT2D eigenvalue weighted by Crippen LogP contribution is -2.55. The first-order chi connectivity index (χ1) is 13.0. The second-order valence-electron chi connectivity index (χ2n) is 6.80. The highest BCUT2D eigenvalue weighted by atomic mass is 16.2. The topological polar surface area (TPSA) is 69.7 Å². The molecule has 6 nitrogen and oxygen atoms in total. The van der Waals surface area contributed by atoms with Crippen molar-refractivity contribution in [1.29, 1.82) is 0 Å². The standard InChI is InChI=1S/C21H23N3O3/c1-15-8-10-17(11-9-15)22-19(25)16(2)14-23-12-13-24(21(27)20(23)26)18-6-4-3-5-7-18/h3-11,16H,12-14H2,1-2H3,(H,22,25). The van der Waals surface area contributed by atoms with Gasteiger partial charge in [-0.15, -0.1) is 0 Å². The van der Waals surface area contributed by atoms with Gasteiger partial charge in [-0.25, -0.2) is 0 Å². The molecular weight excluding hydrogens is 342 g/mol. The number of piperazine rings is 1. The van der Waals surface area contributed by atoms with Crippen LogP contribution in [-0.2, 0) is 14.4 Å². The Labute approximate surface area is 158 Å². The van der Waals surface area contributed by atoms with Gasteiger partial charge in [0.2, 0.25) is 5.91 Å². The molecule has 0 saturated carbocycles. The molecule has 0 spiro atoms. The van der Waals surface area contributed by atoms with E-state index in [-0.39, 0.29) is 12.5 Å². The Balaban J connectivity index is 1.59. The molecule has 2 aromatic carbocycles. The molecule has 1 unspecified atom stereocenters. The van der Waals surface area contributed by atoms with Crippen LogP contribution in [0.2, 0.25) is 0 Å². The SMILES string of the molecule is Cc1ccc(NC(=O)C(C)CN2CCN(c3ccccc3)C(=O)C2=O)cc1. The van der Waals surface area contributed by atoms with E-state index in [4.69, 9.17) is 0 Å². The number of rotatable bonds is 5. The van der Waals surface area contributed by atoms with Gasteiger partial charge in [0.1, 0.15) is 0 Å². The fraction of sp³-hybridized carbons (Fsp3) is 0.286. The van der Waals surface area contributed by atoms with Crippen molar-refractivity contribution in [3.05, 3.63) is 60.2 Å². The molecule has 1 N–H and O–H groups in total. The van der Waals surface area contributed by atoms with Crippen molar-refractivity contribution in [1.82, 2.24) is 4.90 Å². The number of carbonyl (C=O) groups is 3. The van der Waals surface area contributed by atoms with Crippen molar-refractivity contribution < 1.29 is 14.4 Å². The highest BCUT2D eigenvalue weighted by Crippen LogP contribution is 2.18. The highest BCUT2D eigenvalue weighted by Gasteiger charge is 2.34. The van der Waals surface area contributed by atoms with E-state index in [2.05, 4.69) is 5.32 Å². The van der Waals surface area contributed by atoms with Gasteiger partial charge in [0.05, 0.1) is 5.92 Å². The van der Waals surface area contributed by atoms with Crippen LogP contribution in [0.1, 0.15) is 12.5 Å². The number of hydrogen-bond donors (Lipinski definition) is 1. The van der Waals surface area contributed by atoms with Crippen molar-refractivity contribution in [2.45, 2.75) is 13.8 Å². The van der Waals surface area contributed by atoms with Crippen LogP contribution in [0, 0.1) is 12.8 Å². The Morgan fingerprint density at radius 2 is 1.67 bits per heavy atom. The summed E-state index contributed by atoms with van der Waals surface area (Å²) in [7, 11) is 0. The molecule has 140 valence electrons. The van der Waals surface area contributed by atoms with E-state index in [9.17, 15) is 14.4 Å². The van der Waals surface area contributed by atoms with Gasteiger partial charge < -0.3 is 15.1 Å². The maximum atomic E-state index is 12.5. The molecule has 1 saturated heterocycles. The number of nitrogens with zero attached hydrogens (tertiary/aromatic N) is 2. The molecule has 1 fully saturated rings. The van der Waals surface area contributed by atoms with Crippen molar-refractivity contribution >= 4 is 29.1 Å². The van der Waals surface area contributed by atoms with E-state index in [1.54, 1.807) is 19.1 Å². The first kappa shape index (κ1) is 18.6. The molecule has 1 aliphatic heterocycles. The first-order valence-corrected chi connectivity index (χ1v) is 8.99. The molecule has 0 radical (unpaired) electrons. The van der Waals surface area contributed by atoms with Gasteiger partial charge >= 0.3 is 11.8 Å². The Hall–Kier alpha value is -3.15. The van der Waals surface area contributed by atoms with Crippen molar-refractivity contribution in [2.75, 3.05) is 29.9 Å². The summed E-state index contributed by atoms with van der Waals surface area (Å²) in [5.74, 6) is -1.73. The number of para-hydroxylation sites is 1. The molecule has 27 heavy (non-hydrogen) atoms. The minimum atomic E-state index is -0.569. The summed E-state index contributed by atoms with van der Waals surface area (Å²) < 4.78 is 0. The van der Waals surface area contributed by atoms with Gasteiger partial charge in [-0.3, -0.25) is 14.4 Å². The number of anilines is 2. The van der Waals surface area contributed by atoms with Crippen molar-refractivity contribution in [3.63, 3.8) is 0 Å². The smallest absolute Gasteiger partial charge is 0.316 e. The Morgan fingerprint density at radius 3 is 2.33 bits per heavy atom. The van der Waals surface area contributed by atoms with Crippen LogP contribution in [0.15, 0.2) is 54.6 Å². The summed E-state index contributed by atoms with van der Waals surface area (Å²) in [4.78, 5) is 40.3. The van der Waals surface area contributed by atoms with Crippen LogP contribution in [0.4, 0.5) is 11.4 Å². The molecule has 3 rings (SSSR count). The molecule has 0 aliphatic carbocycles. The number of aryl methyl sites for hydroxylation is 1. The van der Waals surface area contributed by atoms with Crippen molar-refractivity contribution in [2.24, 2.45) is 5.92 Å². The lowest BCUT2D eigenvalue weighted by Gasteiger charge is -2.34. The monoisotopic (exact) mass is 365 g/mol. The lowest BCUT2D eigenvalue weighted by molar-refractivity contribution is -0.147. The minimum absolute atomic E-state index is 0.176. The van der Waals surface area contributed by atoms with Crippen LogP contribution in [-0.4, -0.2) is 42.3 Å². The molecule has 2 aromatic rings. The van der Waals surface area contributed by atoms with Gasteiger partial charge in [-0.2, -0.15) is 0 Å². The number of amides is 3. The fourth-order valence-electron chi connectivity index (χ4n) is 3.02. The molecule has 1 atom stereocenters. The third-order valence-corrected chi connectivity index (χ3v) is 4.64. The summed E-state index contributed by atoms with van der Waals surface area (Å²) in [6.45, 7) is 4.77. The third-order valence-electron chi connectivity index (χ3n) is 4.64. The number of carbonyl (C=O) groups excluding carboxylic acids is 3. The van der Waals surface area contributed by atoms with Gasteiger partial charge in [-0.05, 0) is 31.2 Å². The highest BCUT2D eigenvalue weighted by molar-refractivity contribution is 6.41. The van der Waals surface area contributed by atoms with Gasteiger partial charge in [0.15, 0.2) is 0 Å². The van der Waals surface area contributed by atoms with Crippen LogP contribution in [0.5, 0.6) is 0 Å². The Morgan fingerprint density at radius 1 is 1.00 bits per heavy atom. The average Bonchev–Trinajstić information content (AvgIpc) is 2.68. The summed E-state index contributed by atoms with van der Waals surface area (Å²) in [6.07, 6.45) is 0. The normalized spacial score (nSPS) is 15.6. The van der Waals surface area contributed by atoms with Crippen LogP contribution in [0.3, 0.4) is 0 Å². The zero-order valence-electron chi connectivity index (χ0n) is 15.5. The van der Waals surface area contributed by atoms with E-state index in [1.807, 2.05) is 49.4 Å². The third kappa shape index (κ3) is 4.34. The quantitative estimate of drug-likeness (QED) is 0.828. The van der Waals surface area contributed by atoms with Crippen LogP contribution in [0.25, 0.3) is 0 Å². The molecule has 6 heteroatoms. The molecule has 1 aliphatic rings. The number of hydrogen-bond acceptors (Lipinski definition) is 3. The van der Waals surface area contributed by atoms with E-state index >= 15 is 0 Å². The Bertz CT molecular complexity index is 834. The molecule has 3 amide bonds. The van der Waals surface area contributed by atoms with E-state index in [1.165, 1.54) is 9.80 Å². The fourth-order valence-corrected chi connectivity index (χ4v) is 3.02. The zero-order valence-corrected chi connectivity index (χ0v) is 15.5. The second kappa shape index (κ2) is 8.03. The maximum Gasteiger partial charge on any atom is 0.316 e. The molecule has 1 heterocycles. The average molecular weight is 365 g/mol. The lowest BCUT2D eigenvalue weighted by atomic mass is 10.1. The van der Waals surface area contributed by atoms with Gasteiger partial charge in [0.25, 0.3) is 0 Å². The second-order valence-corrected chi connectivity index (χ2v) is 6.80. The van der Waals surface area contributed by atoms with Crippen LogP contribution < -0.4 is 10.2 Å². The molecular formula is C21H23N3O3. The minimum Gasteiger partial charge on any atom is -0.332 e. The first-order valence-electron chi connectivity index (χ1n) is 8.99. The van der Waals surface area contributed by atoms with Crippen LogP contribution >= 0.6 is 0 Å². The summed E-state index contributed by atoms with van der Waals surface area (Å²) >= 11 is 0. The predicted molar refractivity (Wildman–Crippen MR) is 104 cm³/mol. The van der Waals surface area contributed by atoms with E-state index in [0.717, 1.165) is 5.56 Å². The largest absolute Gasteiger partial charge is 0.332 e. The summed E-state index contributed by atoms with van der Waals surface area (Å²) in [5.41, 5.74) is 2.54. The predicted octanol–water partition coefficient (Wildman–Crippen LogP) is 2.45. The number of benzene rings is 2. The van der Waals surface area contributed by atoms with Crippen molar-refractivity contribution in [3.8, 4) is 0 Å². The molecule has 0 bridgehead atoms. The summed E-state index contributed by atoms with van der Waals surface area (Å²) in [5, 5.41) is 2.85. The van der Waals surface area contributed by atoms with E-state index in [0.29, 0.717) is 24.5 Å². The van der Waals surface area contributed by atoms with E-state index < -0.39 is 17.7 Å². The Kier molecular flexibility index (Phi) is 5.54. The summed E-state index contributed by atoms with van der Waals surface area (Å²) in [6, 6.07) is 16.7. The maximum absolute atomic E-state index is 12.5. The zero-order chi connectivity index (χ0) is 19.4. The molecule has 0 aromatic heterocycles. The van der Waals surface area contributed by atoms with Gasteiger partial charge in [0, 0.05) is 31.0 Å². The van der Waals surface area contributed by atoms with Gasteiger partial charge in [-0.1, -0.05) is 42.8 Å².